The lowest BCUT2D eigenvalue weighted by Crippen LogP contribution is -2.13. The Bertz CT molecular complexity index is 3490. The van der Waals surface area contributed by atoms with E-state index in [4.69, 9.17) is 8.83 Å². The van der Waals surface area contributed by atoms with Gasteiger partial charge in [-0.2, -0.15) is 0 Å². The van der Waals surface area contributed by atoms with Gasteiger partial charge in [0.25, 0.3) is 0 Å². The number of rotatable bonds is 6. The summed E-state index contributed by atoms with van der Waals surface area (Å²) < 4.78 is 15.1. The number of para-hydroxylation sites is 4. The largest absolute Gasteiger partial charge is 0.456 e. The number of nitrogens with zero attached hydrogens (tertiary/aromatic N) is 2. The molecule has 5 heteroatoms. The molecule has 12 rings (SSSR count). The van der Waals surface area contributed by atoms with Crippen molar-refractivity contribution in [3.05, 3.63) is 194 Å². The van der Waals surface area contributed by atoms with E-state index in [9.17, 15) is 0 Å². The summed E-state index contributed by atoms with van der Waals surface area (Å²) in [4.78, 5) is 4.80. The molecule has 0 amide bonds. The second-order valence-corrected chi connectivity index (χ2v) is 15.6. The van der Waals surface area contributed by atoms with Crippen LogP contribution in [0.1, 0.15) is 0 Å². The predicted octanol–water partition coefficient (Wildman–Crippen LogP) is 15.9. The van der Waals surface area contributed by atoms with E-state index in [1.807, 2.05) is 35.6 Å². The van der Waals surface area contributed by atoms with Gasteiger partial charge in [-0.15, -0.1) is 11.3 Å². The molecule has 0 aliphatic rings. The van der Waals surface area contributed by atoms with Crippen molar-refractivity contribution in [2.45, 2.75) is 0 Å². The van der Waals surface area contributed by atoms with Crippen LogP contribution in [-0.2, 0) is 0 Å². The van der Waals surface area contributed by atoms with Gasteiger partial charge < -0.3 is 18.6 Å². The third-order valence-corrected chi connectivity index (χ3v) is 12.3. The van der Waals surface area contributed by atoms with E-state index in [1.165, 1.54) is 30.9 Å². The van der Waals surface area contributed by atoms with E-state index >= 15 is 0 Å². The fourth-order valence-corrected chi connectivity index (χ4v) is 9.79. The summed E-state index contributed by atoms with van der Waals surface area (Å²) >= 11 is 1.85. The first kappa shape index (κ1) is 32.0. The second kappa shape index (κ2) is 12.6. The molecule has 0 saturated heterocycles. The number of hydrogen-bond donors (Lipinski definition) is 0. The highest BCUT2D eigenvalue weighted by Gasteiger charge is 2.24. The molecule has 0 saturated carbocycles. The molecular weight excluding hydrogens is 717 g/mol. The van der Waals surface area contributed by atoms with Gasteiger partial charge >= 0.3 is 0 Å². The summed E-state index contributed by atoms with van der Waals surface area (Å²) in [5.74, 6) is 0. The van der Waals surface area contributed by atoms with Crippen molar-refractivity contribution in [2.75, 3.05) is 9.80 Å². The lowest BCUT2D eigenvalue weighted by molar-refractivity contribution is 0.668. The minimum atomic E-state index is 0.872. The molecule has 0 aliphatic heterocycles. The highest BCUT2D eigenvalue weighted by Crippen LogP contribution is 2.50. The van der Waals surface area contributed by atoms with Crippen LogP contribution in [0.3, 0.4) is 0 Å². The Hall–Kier alpha value is -7.34. The van der Waals surface area contributed by atoms with Gasteiger partial charge in [0.05, 0.1) is 5.69 Å². The maximum Gasteiger partial charge on any atom is 0.135 e. The zero-order valence-electron chi connectivity index (χ0n) is 30.6. The molecule has 0 aliphatic carbocycles. The van der Waals surface area contributed by atoms with Crippen LogP contribution in [0.2, 0.25) is 0 Å². The summed E-state index contributed by atoms with van der Waals surface area (Å²) in [5, 5.41) is 9.30. The van der Waals surface area contributed by atoms with Crippen LogP contribution in [0, 0.1) is 0 Å². The van der Waals surface area contributed by atoms with E-state index in [-0.39, 0.29) is 0 Å². The molecule has 57 heavy (non-hydrogen) atoms. The highest BCUT2D eigenvalue weighted by atomic mass is 32.1. The Morgan fingerprint density at radius 3 is 1.46 bits per heavy atom. The number of furan rings is 2. The average Bonchev–Trinajstić information content (AvgIpc) is 3.94. The van der Waals surface area contributed by atoms with Crippen LogP contribution in [0.25, 0.3) is 74.8 Å². The first-order valence-corrected chi connectivity index (χ1v) is 20.0. The van der Waals surface area contributed by atoms with E-state index in [0.29, 0.717) is 0 Å². The molecule has 12 aromatic rings. The summed E-state index contributed by atoms with van der Waals surface area (Å²) in [7, 11) is 0. The van der Waals surface area contributed by atoms with Crippen molar-refractivity contribution in [1.29, 1.82) is 0 Å². The molecule has 0 bridgehead atoms. The monoisotopic (exact) mass is 748 g/mol. The van der Waals surface area contributed by atoms with Crippen LogP contribution in [0.4, 0.5) is 34.1 Å². The summed E-state index contributed by atoms with van der Waals surface area (Å²) in [5.41, 5.74) is 9.91. The fourth-order valence-electron chi connectivity index (χ4n) is 8.60. The number of thiophene rings is 1. The first-order valence-electron chi connectivity index (χ1n) is 19.2. The van der Waals surface area contributed by atoms with Crippen molar-refractivity contribution in [2.24, 2.45) is 0 Å². The summed E-state index contributed by atoms with van der Waals surface area (Å²) in [6.45, 7) is 0. The standard InChI is InChI=1S/C52H32N2O2S/c1-3-15-35(16-4-1)53(37-23-25-48-42(29-37)40-19-9-11-21-46(40)55-48)39-31-45(52-44-27-33-13-7-8-14-34(33)28-50(44)57-51(52)32-39)54(36-17-5-2-6-18-36)38-24-26-49-43(30-38)41-20-10-12-22-47(41)56-49/h1-32H. The third kappa shape index (κ3) is 5.13. The van der Waals surface area contributed by atoms with Crippen molar-refractivity contribution < 1.29 is 8.83 Å². The molecule has 4 nitrogen and oxygen atoms in total. The molecule has 3 heterocycles. The van der Waals surface area contributed by atoms with Crippen molar-refractivity contribution >= 4 is 120 Å². The van der Waals surface area contributed by atoms with Gasteiger partial charge in [-0.25, -0.2) is 0 Å². The molecule has 0 spiro atoms. The van der Waals surface area contributed by atoms with E-state index in [2.05, 4.69) is 180 Å². The van der Waals surface area contributed by atoms with Gasteiger partial charge in [0.1, 0.15) is 22.3 Å². The molecule has 0 unspecified atom stereocenters. The van der Waals surface area contributed by atoms with Crippen LogP contribution >= 0.6 is 11.3 Å². The third-order valence-electron chi connectivity index (χ3n) is 11.2. The normalized spacial score (nSPS) is 11.9. The molecule has 0 radical (unpaired) electrons. The van der Waals surface area contributed by atoms with E-state index in [0.717, 1.165) is 78.0 Å². The van der Waals surface area contributed by atoms with Crippen LogP contribution in [0.15, 0.2) is 203 Å². The van der Waals surface area contributed by atoms with E-state index in [1.54, 1.807) is 0 Å². The average molecular weight is 749 g/mol. The van der Waals surface area contributed by atoms with Crippen LogP contribution < -0.4 is 9.80 Å². The van der Waals surface area contributed by atoms with Gasteiger partial charge in [0.15, 0.2) is 0 Å². The molecule has 9 aromatic carbocycles. The topological polar surface area (TPSA) is 32.8 Å². The SMILES string of the molecule is c1ccc(N(c2cc(N(c3ccccc3)c3ccc4oc5ccccc5c4c3)c3c(c2)sc2cc4ccccc4cc23)c2ccc3oc4ccccc4c3c2)cc1. The van der Waals surface area contributed by atoms with Gasteiger partial charge in [-0.05, 0) is 108 Å². The summed E-state index contributed by atoms with van der Waals surface area (Å²) in [6.07, 6.45) is 0. The second-order valence-electron chi connectivity index (χ2n) is 14.5. The zero-order chi connectivity index (χ0) is 37.5. The smallest absolute Gasteiger partial charge is 0.135 e. The number of hydrogen-bond acceptors (Lipinski definition) is 5. The lowest BCUT2D eigenvalue weighted by atomic mass is 10.0. The number of benzene rings is 9. The Morgan fingerprint density at radius 1 is 0.316 bits per heavy atom. The molecule has 268 valence electrons. The fraction of sp³-hybridized carbons (Fsp3) is 0. The Kier molecular flexibility index (Phi) is 7.06. The minimum absolute atomic E-state index is 0.872. The molecule has 0 atom stereocenters. The Labute approximate surface area is 331 Å². The minimum Gasteiger partial charge on any atom is -0.456 e. The summed E-state index contributed by atoms with van der Waals surface area (Å²) in [6, 6.07) is 69.2. The van der Waals surface area contributed by atoms with Crippen molar-refractivity contribution in [3.8, 4) is 0 Å². The first-order chi connectivity index (χ1) is 28.2. The quantitative estimate of drug-likeness (QED) is 0.170. The number of fused-ring (bicyclic) bond motifs is 10. The Balaban J connectivity index is 1.18. The lowest BCUT2D eigenvalue weighted by Gasteiger charge is -2.30. The van der Waals surface area contributed by atoms with Gasteiger partial charge in [0.2, 0.25) is 0 Å². The maximum atomic E-state index is 6.32. The molecule has 0 N–H and O–H groups in total. The molecular formula is C52H32N2O2S. The van der Waals surface area contributed by atoms with Crippen LogP contribution in [-0.4, -0.2) is 0 Å². The van der Waals surface area contributed by atoms with E-state index < -0.39 is 0 Å². The predicted molar refractivity (Wildman–Crippen MR) is 241 cm³/mol. The van der Waals surface area contributed by atoms with Gasteiger partial charge in [-0.1, -0.05) is 97.1 Å². The Morgan fingerprint density at radius 2 is 0.825 bits per heavy atom. The maximum absolute atomic E-state index is 6.32. The van der Waals surface area contributed by atoms with Gasteiger partial charge in [-0.3, -0.25) is 0 Å². The van der Waals surface area contributed by atoms with Crippen molar-refractivity contribution in [3.63, 3.8) is 0 Å². The molecule has 3 aromatic heterocycles. The van der Waals surface area contributed by atoms with Crippen molar-refractivity contribution in [1.82, 2.24) is 0 Å². The molecule has 0 fully saturated rings. The zero-order valence-corrected chi connectivity index (χ0v) is 31.4. The number of anilines is 6. The highest BCUT2D eigenvalue weighted by molar-refractivity contribution is 7.26. The van der Waals surface area contributed by atoms with Crippen LogP contribution in [0.5, 0.6) is 0 Å². The van der Waals surface area contributed by atoms with Gasteiger partial charge in [0, 0.05) is 70.2 Å².